The summed E-state index contributed by atoms with van der Waals surface area (Å²) >= 11 is 0. The Hall–Kier alpha value is -0.120. The standard InChI is InChI=1S/C16H35N3/c1-4-6-7-12-18(3)16(15-17)9-8-13-19(11-5-2)14-10-16/h4-15,17H2,1-3H3. The molecule has 114 valence electrons. The molecule has 0 saturated carbocycles. The fraction of sp³-hybridized carbons (Fsp3) is 1.00. The molecule has 1 aliphatic heterocycles. The molecule has 0 aliphatic carbocycles. The van der Waals surface area contributed by atoms with Crippen LogP contribution < -0.4 is 5.73 Å². The predicted octanol–water partition coefficient (Wildman–Crippen LogP) is 2.70. The number of likely N-dealkylation sites (N-methyl/N-ethyl adjacent to an activating group) is 1. The van der Waals surface area contributed by atoms with Gasteiger partial charge >= 0.3 is 0 Å². The van der Waals surface area contributed by atoms with Crippen LogP contribution in [0.3, 0.4) is 0 Å². The minimum absolute atomic E-state index is 0.260. The molecule has 1 fully saturated rings. The van der Waals surface area contributed by atoms with Crippen molar-refractivity contribution in [3.05, 3.63) is 0 Å². The highest BCUT2D eigenvalue weighted by Crippen LogP contribution is 2.27. The van der Waals surface area contributed by atoms with E-state index in [2.05, 4.69) is 30.7 Å². The third-order valence-corrected chi connectivity index (χ3v) is 4.84. The van der Waals surface area contributed by atoms with Gasteiger partial charge in [-0.25, -0.2) is 0 Å². The van der Waals surface area contributed by atoms with Crippen molar-refractivity contribution in [3.63, 3.8) is 0 Å². The Labute approximate surface area is 120 Å². The Kier molecular flexibility index (Phi) is 7.96. The van der Waals surface area contributed by atoms with Gasteiger partial charge in [0.25, 0.3) is 0 Å². The number of unbranched alkanes of at least 4 members (excludes halogenated alkanes) is 2. The van der Waals surface area contributed by atoms with E-state index < -0.39 is 0 Å². The minimum Gasteiger partial charge on any atom is -0.329 e. The first-order valence-electron chi connectivity index (χ1n) is 8.32. The fourth-order valence-electron chi connectivity index (χ4n) is 3.35. The first-order chi connectivity index (χ1) is 9.18. The molecule has 19 heavy (non-hydrogen) atoms. The van der Waals surface area contributed by atoms with Crippen molar-refractivity contribution in [1.29, 1.82) is 0 Å². The van der Waals surface area contributed by atoms with E-state index in [4.69, 9.17) is 5.73 Å². The molecule has 0 aromatic rings. The highest BCUT2D eigenvalue weighted by Gasteiger charge is 2.34. The number of likely N-dealkylation sites (tertiary alicyclic amines) is 1. The van der Waals surface area contributed by atoms with E-state index in [-0.39, 0.29) is 5.54 Å². The number of rotatable bonds is 8. The number of nitrogens with two attached hydrogens (primary N) is 1. The Bertz CT molecular complexity index is 232. The van der Waals surface area contributed by atoms with Crippen LogP contribution in [-0.4, -0.2) is 55.1 Å². The Balaban J connectivity index is 2.53. The summed E-state index contributed by atoms with van der Waals surface area (Å²) in [5.74, 6) is 0. The lowest BCUT2D eigenvalue weighted by molar-refractivity contribution is 0.105. The molecule has 3 heteroatoms. The molecule has 2 N–H and O–H groups in total. The second-order valence-corrected chi connectivity index (χ2v) is 6.25. The van der Waals surface area contributed by atoms with Crippen molar-refractivity contribution in [2.75, 3.05) is 39.8 Å². The van der Waals surface area contributed by atoms with Gasteiger partial charge in [-0.3, -0.25) is 4.90 Å². The molecule has 0 spiro atoms. The monoisotopic (exact) mass is 269 g/mol. The van der Waals surface area contributed by atoms with Gasteiger partial charge in [0.1, 0.15) is 0 Å². The molecule has 0 aromatic heterocycles. The largest absolute Gasteiger partial charge is 0.329 e. The average molecular weight is 269 g/mol. The molecule has 0 radical (unpaired) electrons. The van der Waals surface area contributed by atoms with Crippen molar-refractivity contribution < 1.29 is 0 Å². The molecule has 1 saturated heterocycles. The molecule has 1 atom stereocenters. The van der Waals surface area contributed by atoms with Gasteiger partial charge in [-0.1, -0.05) is 26.7 Å². The van der Waals surface area contributed by atoms with Crippen molar-refractivity contribution in [3.8, 4) is 0 Å². The lowest BCUT2D eigenvalue weighted by atomic mass is 9.88. The van der Waals surface area contributed by atoms with E-state index >= 15 is 0 Å². The summed E-state index contributed by atoms with van der Waals surface area (Å²) in [6.07, 6.45) is 9.03. The molecule has 1 rings (SSSR count). The van der Waals surface area contributed by atoms with Gasteiger partial charge in [-0.15, -0.1) is 0 Å². The molecule has 0 aromatic carbocycles. The SMILES string of the molecule is CCCCCN(C)C1(CN)CCCN(CCC)CC1. The second-order valence-electron chi connectivity index (χ2n) is 6.25. The van der Waals surface area contributed by atoms with Crippen molar-refractivity contribution in [2.24, 2.45) is 5.73 Å². The predicted molar refractivity (Wildman–Crippen MR) is 84.5 cm³/mol. The second kappa shape index (κ2) is 8.93. The molecule has 0 amide bonds. The maximum atomic E-state index is 6.17. The smallest absolute Gasteiger partial charge is 0.0341 e. The van der Waals surface area contributed by atoms with Crippen molar-refractivity contribution >= 4 is 0 Å². The Morgan fingerprint density at radius 3 is 2.53 bits per heavy atom. The average Bonchev–Trinajstić information content (AvgIpc) is 2.63. The molecular weight excluding hydrogens is 234 g/mol. The lowest BCUT2D eigenvalue weighted by Gasteiger charge is -2.41. The molecule has 1 unspecified atom stereocenters. The van der Waals surface area contributed by atoms with Crippen LogP contribution in [0.2, 0.25) is 0 Å². The number of hydrogen-bond donors (Lipinski definition) is 1. The van der Waals surface area contributed by atoms with E-state index in [1.807, 2.05) is 0 Å². The molecule has 1 heterocycles. The summed E-state index contributed by atoms with van der Waals surface area (Å²) in [4.78, 5) is 5.19. The summed E-state index contributed by atoms with van der Waals surface area (Å²) in [7, 11) is 2.29. The summed E-state index contributed by atoms with van der Waals surface area (Å²) in [5.41, 5.74) is 6.43. The van der Waals surface area contributed by atoms with Crippen LogP contribution >= 0.6 is 0 Å². The number of hydrogen-bond acceptors (Lipinski definition) is 3. The van der Waals surface area contributed by atoms with E-state index in [9.17, 15) is 0 Å². The topological polar surface area (TPSA) is 32.5 Å². The lowest BCUT2D eigenvalue weighted by Crippen LogP contribution is -2.52. The normalized spacial score (nSPS) is 25.7. The summed E-state index contributed by atoms with van der Waals surface area (Å²) < 4.78 is 0. The minimum atomic E-state index is 0.260. The zero-order valence-corrected chi connectivity index (χ0v) is 13.5. The molecular formula is C16H35N3. The Morgan fingerprint density at radius 2 is 1.89 bits per heavy atom. The summed E-state index contributed by atoms with van der Waals surface area (Å²) in [6, 6.07) is 0. The Morgan fingerprint density at radius 1 is 1.11 bits per heavy atom. The van der Waals surface area contributed by atoms with Gasteiger partial charge < -0.3 is 10.6 Å². The molecule has 1 aliphatic rings. The summed E-state index contributed by atoms with van der Waals surface area (Å²) in [6.45, 7) is 10.3. The maximum absolute atomic E-state index is 6.17. The van der Waals surface area contributed by atoms with E-state index in [1.54, 1.807) is 0 Å². The van der Waals surface area contributed by atoms with E-state index in [1.165, 1.54) is 71.1 Å². The van der Waals surface area contributed by atoms with E-state index in [0.29, 0.717) is 0 Å². The van der Waals surface area contributed by atoms with Gasteiger partial charge in [0, 0.05) is 12.1 Å². The van der Waals surface area contributed by atoms with Gasteiger partial charge in [0.05, 0.1) is 0 Å². The highest BCUT2D eigenvalue weighted by atomic mass is 15.2. The van der Waals surface area contributed by atoms with Crippen LogP contribution in [-0.2, 0) is 0 Å². The molecule has 3 nitrogen and oxygen atoms in total. The van der Waals surface area contributed by atoms with Crippen LogP contribution in [0.25, 0.3) is 0 Å². The van der Waals surface area contributed by atoms with Crippen LogP contribution in [0.4, 0.5) is 0 Å². The zero-order chi connectivity index (χ0) is 14.1. The number of nitrogens with zero attached hydrogens (tertiary/aromatic N) is 2. The van der Waals surface area contributed by atoms with E-state index in [0.717, 1.165) is 6.54 Å². The highest BCUT2D eigenvalue weighted by molar-refractivity contribution is 4.93. The van der Waals surface area contributed by atoms with Gasteiger partial charge in [-0.2, -0.15) is 0 Å². The molecule has 0 bridgehead atoms. The van der Waals surface area contributed by atoms with Gasteiger partial charge in [-0.05, 0) is 65.3 Å². The third-order valence-electron chi connectivity index (χ3n) is 4.84. The first-order valence-corrected chi connectivity index (χ1v) is 8.32. The van der Waals surface area contributed by atoms with Crippen LogP contribution in [0.15, 0.2) is 0 Å². The van der Waals surface area contributed by atoms with Crippen LogP contribution in [0, 0.1) is 0 Å². The fourth-order valence-corrected chi connectivity index (χ4v) is 3.35. The van der Waals surface area contributed by atoms with Crippen molar-refractivity contribution in [2.45, 2.75) is 64.3 Å². The quantitative estimate of drug-likeness (QED) is 0.688. The van der Waals surface area contributed by atoms with Gasteiger partial charge in [0.2, 0.25) is 0 Å². The van der Waals surface area contributed by atoms with Gasteiger partial charge in [0.15, 0.2) is 0 Å². The van der Waals surface area contributed by atoms with Crippen LogP contribution in [0.1, 0.15) is 58.8 Å². The third kappa shape index (κ3) is 5.05. The van der Waals surface area contributed by atoms with Crippen LogP contribution in [0.5, 0.6) is 0 Å². The van der Waals surface area contributed by atoms with Crippen molar-refractivity contribution in [1.82, 2.24) is 9.80 Å². The first kappa shape index (κ1) is 16.9. The maximum Gasteiger partial charge on any atom is 0.0341 e. The zero-order valence-electron chi connectivity index (χ0n) is 13.5. The summed E-state index contributed by atoms with van der Waals surface area (Å²) in [5, 5.41) is 0.